The van der Waals surface area contributed by atoms with Gasteiger partial charge in [0.2, 0.25) is 5.91 Å². The third-order valence-corrected chi connectivity index (χ3v) is 5.09. The van der Waals surface area contributed by atoms with Gasteiger partial charge in [0, 0.05) is 0 Å². The highest BCUT2D eigenvalue weighted by Gasteiger charge is 2.59. The van der Waals surface area contributed by atoms with Crippen LogP contribution in [0.3, 0.4) is 0 Å². The van der Waals surface area contributed by atoms with Crippen molar-refractivity contribution < 1.29 is 14.4 Å². The molecule has 0 radical (unpaired) electrons. The third kappa shape index (κ3) is 2.59. The van der Waals surface area contributed by atoms with Crippen molar-refractivity contribution in [1.82, 2.24) is 0 Å². The Morgan fingerprint density at radius 3 is 2.38 bits per heavy atom. The molecule has 134 valence electrons. The molecule has 5 heteroatoms. The van der Waals surface area contributed by atoms with Crippen molar-refractivity contribution in [1.29, 1.82) is 0 Å². The second-order valence-electron chi connectivity index (χ2n) is 6.92. The number of hydroxylamine groups is 1. The van der Waals surface area contributed by atoms with Crippen LogP contribution in [-0.4, -0.2) is 24.0 Å². The molecule has 0 spiro atoms. The van der Waals surface area contributed by atoms with E-state index in [-0.39, 0.29) is 17.9 Å². The van der Waals surface area contributed by atoms with Crippen molar-refractivity contribution in [3.05, 3.63) is 60.2 Å². The molecule has 2 aliphatic heterocycles. The van der Waals surface area contributed by atoms with E-state index in [1.165, 1.54) is 4.90 Å². The predicted octanol–water partition coefficient (Wildman–Crippen LogP) is 3.47. The minimum atomic E-state index is -0.750. The maximum atomic E-state index is 13.2. The first-order valence-corrected chi connectivity index (χ1v) is 9.07. The van der Waals surface area contributed by atoms with Crippen molar-refractivity contribution in [2.24, 2.45) is 5.92 Å². The van der Waals surface area contributed by atoms with Gasteiger partial charge in [-0.05, 0) is 43.2 Å². The molecule has 4 rings (SSSR count). The van der Waals surface area contributed by atoms with Gasteiger partial charge in [0.15, 0.2) is 6.10 Å². The van der Waals surface area contributed by atoms with E-state index in [1.54, 1.807) is 11.1 Å². The third-order valence-electron chi connectivity index (χ3n) is 5.09. The molecule has 2 aromatic carbocycles. The summed E-state index contributed by atoms with van der Waals surface area (Å²) in [6.45, 7) is 4.03. The summed E-state index contributed by atoms with van der Waals surface area (Å²) >= 11 is 0. The van der Waals surface area contributed by atoms with Gasteiger partial charge < -0.3 is 0 Å². The molecule has 2 aliphatic rings. The molecule has 3 atom stereocenters. The largest absolute Gasteiger partial charge is 0.273 e. The van der Waals surface area contributed by atoms with Gasteiger partial charge >= 0.3 is 0 Å². The summed E-state index contributed by atoms with van der Waals surface area (Å²) in [6.07, 6.45) is 0.947. The van der Waals surface area contributed by atoms with Gasteiger partial charge in [-0.15, -0.1) is 0 Å². The summed E-state index contributed by atoms with van der Waals surface area (Å²) in [5, 5.41) is 1.77. The highest BCUT2D eigenvalue weighted by atomic mass is 16.7. The maximum absolute atomic E-state index is 13.2. The number of amides is 2. The van der Waals surface area contributed by atoms with E-state index in [1.807, 2.05) is 55.5 Å². The van der Waals surface area contributed by atoms with Crippen LogP contribution >= 0.6 is 0 Å². The molecule has 0 saturated carbocycles. The van der Waals surface area contributed by atoms with Gasteiger partial charge in [-0.2, -0.15) is 0 Å². The van der Waals surface area contributed by atoms with Crippen LogP contribution < -0.4 is 9.96 Å². The molecule has 0 aromatic heterocycles. The van der Waals surface area contributed by atoms with E-state index in [9.17, 15) is 9.59 Å². The number of imide groups is 1. The van der Waals surface area contributed by atoms with Gasteiger partial charge in [-0.25, -0.2) is 9.96 Å². The lowest BCUT2D eigenvalue weighted by atomic mass is 9.93. The molecule has 2 saturated heterocycles. The maximum Gasteiger partial charge on any atom is 0.266 e. The topological polar surface area (TPSA) is 49.9 Å². The summed E-state index contributed by atoms with van der Waals surface area (Å²) in [5.74, 6) is -0.907. The highest BCUT2D eigenvalue weighted by molar-refractivity contribution is 6.23. The lowest BCUT2D eigenvalue weighted by molar-refractivity contribution is -0.126. The van der Waals surface area contributed by atoms with Crippen molar-refractivity contribution in [2.45, 2.75) is 38.8 Å². The van der Waals surface area contributed by atoms with E-state index >= 15 is 0 Å². The number of anilines is 2. The Bertz CT molecular complexity index is 836. The van der Waals surface area contributed by atoms with Gasteiger partial charge in [0.05, 0.1) is 23.3 Å². The number of para-hydroxylation sites is 1. The van der Waals surface area contributed by atoms with E-state index in [0.29, 0.717) is 5.69 Å². The Labute approximate surface area is 153 Å². The molecule has 2 amide bonds. The summed E-state index contributed by atoms with van der Waals surface area (Å²) in [5.41, 5.74) is 2.51. The van der Waals surface area contributed by atoms with Crippen LogP contribution in [0.5, 0.6) is 0 Å². The molecule has 0 unspecified atom stereocenters. The van der Waals surface area contributed by atoms with Crippen molar-refractivity contribution in [3.8, 4) is 0 Å². The second kappa shape index (κ2) is 6.57. The normalized spacial score (nSPS) is 25.1. The number of nitrogens with zero attached hydrogens (tertiary/aromatic N) is 2. The summed E-state index contributed by atoms with van der Waals surface area (Å²) < 4.78 is 0. The smallest absolute Gasteiger partial charge is 0.266 e. The standard InChI is InChI=1S/C21H22N2O3/c1-3-8-17-18-19(26-23(17)15-10-5-4-6-11-15)21(25)22(20(18)24)16-12-7-9-14(2)13-16/h4-7,9-13,17-19H,3,8H2,1-2H3/t17-,18+,19-/m0/s1. The Balaban J connectivity index is 1.69. The van der Waals surface area contributed by atoms with Gasteiger partial charge in [-0.1, -0.05) is 43.7 Å². The van der Waals surface area contributed by atoms with Crippen LogP contribution in [-0.2, 0) is 14.4 Å². The molecule has 0 N–H and O–H groups in total. The van der Waals surface area contributed by atoms with Crippen molar-refractivity contribution in [2.75, 3.05) is 9.96 Å². The zero-order valence-corrected chi connectivity index (χ0v) is 15.0. The van der Waals surface area contributed by atoms with E-state index < -0.39 is 12.0 Å². The van der Waals surface area contributed by atoms with Gasteiger partial charge in [0.25, 0.3) is 5.91 Å². The monoisotopic (exact) mass is 350 g/mol. The highest BCUT2D eigenvalue weighted by Crippen LogP contribution is 2.41. The minimum absolute atomic E-state index is 0.140. The summed E-state index contributed by atoms with van der Waals surface area (Å²) in [6, 6.07) is 17.0. The Morgan fingerprint density at radius 2 is 1.69 bits per heavy atom. The first-order valence-electron chi connectivity index (χ1n) is 9.07. The fraction of sp³-hybridized carbons (Fsp3) is 0.333. The number of rotatable bonds is 4. The predicted molar refractivity (Wildman–Crippen MR) is 99.7 cm³/mol. The SMILES string of the molecule is CCC[C@H]1[C@H]2C(=O)N(c3cccc(C)c3)C(=O)[C@H]2ON1c1ccccc1. The van der Waals surface area contributed by atoms with Crippen LogP contribution in [0.25, 0.3) is 0 Å². The Kier molecular flexibility index (Phi) is 4.24. The lowest BCUT2D eigenvalue weighted by Gasteiger charge is -2.28. The van der Waals surface area contributed by atoms with E-state index in [4.69, 9.17) is 4.84 Å². The second-order valence-corrected chi connectivity index (χ2v) is 6.92. The number of fused-ring (bicyclic) bond motifs is 1. The quantitative estimate of drug-likeness (QED) is 0.792. The zero-order chi connectivity index (χ0) is 18.3. The van der Waals surface area contributed by atoms with Gasteiger partial charge in [-0.3, -0.25) is 14.4 Å². The van der Waals surface area contributed by atoms with E-state index in [2.05, 4.69) is 6.92 Å². The fourth-order valence-electron chi connectivity index (χ4n) is 3.93. The molecule has 2 aromatic rings. The summed E-state index contributed by atoms with van der Waals surface area (Å²) in [4.78, 5) is 33.5. The molecular weight excluding hydrogens is 328 g/mol. The summed E-state index contributed by atoms with van der Waals surface area (Å²) in [7, 11) is 0. The molecule has 2 fully saturated rings. The number of aryl methyl sites for hydroxylation is 1. The first kappa shape index (κ1) is 16.8. The first-order chi connectivity index (χ1) is 12.6. The number of carbonyl (C=O) groups excluding carboxylic acids is 2. The molecular formula is C21H22N2O3. The van der Waals surface area contributed by atoms with E-state index in [0.717, 1.165) is 24.1 Å². The minimum Gasteiger partial charge on any atom is -0.273 e. The molecule has 0 bridgehead atoms. The van der Waals surface area contributed by atoms with Crippen LogP contribution in [0.15, 0.2) is 54.6 Å². The Morgan fingerprint density at radius 1 is 0.962 bits per heavy atom. The van der Waals surface area contributed by atoms with Crippen LogP contribution in [0.4, 0.5) is 11.4 Å². The van der Waals surface area contributed by atoms with Crippen LogP contribution in [0.1, 0.15) is 25.3 Å². The van der Waals surface area contributed by atoms with Crippen molar-refractivity contribution in [3.63, 3.8) is 0 Å². The average molecular weight is 350 g/mol. The lowest BCUT2D eigenvalue weighted by Crippen LogP contribution is -2.40. The zero-order valence-electron chi connectivity index (χ0n) is 15.0. The number of hydrogen-bond donors (Lipinski definition) is 0. The fourth-order valence-corrected chi connectivity index (χ4v) is 3.93. The molecule has 26 heavy (non-hydrogen) atoms. The Hall–Kier alpha value is -2.66. The number of hydrogen-bond acceptors (Lipinski definition) is 4. The van der Waals surface area contributed by atoms with Crippen LogP contribution in [0.2, 0.25) is 0 Å². The molecule has 5 nitrogen and oxygen atoms in total. The number of benzene rings is 2. The molecule has 0 aliphatic carbocycles. The van der Waals surface area contributed by atoms with Gasteiger partial charge in [0.1, 0.15) is 0 Å². The average Bonchev–Trinajstić information content (AvgIpc) is 3.13. The molecule has 2 heterocycles. The van der Waals surface area contributed by atoms with Crippen LogP contribution in [0, 0.1) is 12.8 Å². The van der Waals surface area contributed by atoms with Crippen molar-refractivity contribution >= 4 is 23.2 Å². The number of carbonyl (C=O) groups is 2.